The molecule has 0 aliphatic rings. The Balaban J connectivity index is 2.80. The van der Waals surface area contributed by atoms with Gasteiger partial charge in [0, 0.05) is 11.8 Å². The number of nitrogens with one attached hydrogen (secondary N) is 1. The summed E-state index contributed by atoms with van der Waals surface area (Å²) in [4.78, 5) is 11.2. The molecule has 0 aromatic heterocycles. The monoisotopic (exact) mass is 210 g/mol. The number of carbonyl (C=O) groups excluding carboxylic acids is 1. The summed E-state index contributed by atoms with van der Waals surface area (Å²) in [6.45, 7) is -0.177. The van der Waals surface area contributed by atoms with Crippen molar-refractivity contribution in [2.45, 2.75) is 6.42 Å². The highest BCUT2D eigenvalue weighted by molar-refractivity contribution is 5.92. The Morgan fingerprint density at radius 3 is 2.93 bits per heavy atom. The van der Waals surface area contributed by atoms with Crippen LogP contribution >= 0.6 is 0 Å². The average Bonchev–Trinajstić information content (AvgIpc) is 2.21. The number of hydrogen-bond donors (Lipinski definition) is 3. The van der Waals surface area contributed by atoms with Crippen LogP contribution in [0.4, 0.5) is 11.4 Å². The van der Waals surface area contributed by atoms with Crippen molar-refractivity contribution < 1.29 is 14.6 Å². The van der Waals surface area contributed by atoms with Crippen molar-refractivity contribution in [3.05, 3.63) is 18.2 Å². The van der Waals surface area contributed by atoms with Gasteiger partial charge in [-0.3, -0.25) is 4.79 Å². The summed E-state index contributed by atoms with van der Waals surface area (Å²) >= 11 is 0. The van der Waals surface area contributed by atoms with Crippen molar-refractivity contribution >= 4 is 17.3 Å². The second-order valence-corrected chi connectivity index (χ2v) is 2.98. The molecule has 5 heteroatoms. The maximum Gasteiger partial charge on any atom is 0.226 e. The molecule has 0 heterocycles. The van der Waals surface area contributed by atoms with Crippen LogP contribution in [0.15, 0.2) is 18.2 Å². The normalized spacial score (nSPS) is 9.73. The number of methoxy groups -OCH3 is 1. The summed E-state index contributed by atoms with van der Waals surface area (Å²) in [5.74, 6) is 0.238. The van der Waals surface area contributed by atoms with Crippen LogP contribution in [-0.4, -0.2) is 24.7 Å². The molecule has 0 unspecified atom stereocenters. The molecule has 4 N–H and O–H groups in total. The van der Waals surface area contributed by atoms with Gasteiger partial charge in [0.2, 0.25) is 5.91 Å². The quantitative estimate of drug-likeness (QED) is 0.635. The minimum Gasteiger partial charge on any atom is -0.494 e. The summed E-state index contributed by atoms with van der Waals surface area (Å²) in [6, 6.07) is 4.94. The Labute approximate surface area is 87.9 Å². The van der Waals surface area contributed by atoms with Crippen molar-refractivity contribution in [2.75, 3.05) is 24.8 Å². The van der Waals surface area contributed by atoms with Crippen LogP contribution in [-0.2, 0) is 4.79 Å². The van der Waals surface area contributed by atoms with Crippen molar-refractivity contribution in [1.82, 2.24) is 0 Å². The van der Waals surface area contributed by atoms with Crippen LogP contribution < -0.4 is 15.8 Å². The van der Waals surface area contributed by atoms with Crippen molar-refractivity contribution in [2.24, 2.45) is 0 Å². The maximum absolute atomic E-state index is 11.2. The number of ether oxygens (including phenoxy) is 1. The Morgan fingerprint density at radius 1 is 1.60 bits per heavy atom. The zero-order valence-corrected chi connectivity index (χ0v) is 8.49. The number of nitrogen functional groups attached to an aromatic ring is 1. The van der Waals surface area contributed by atoms with Gasteiger partial charge in [0.05, 0.1) is 25.8 Å². The van der Waals surface area contributed by atoms with Gasteiger partial charge in [0.25, 0.3) is 0 Å². The predicted molar refractivity (Wildman–Crippen MR) is 57.7 cm³/mol. The maximum atomic E-state index is 11.2. The second kappa shape index (κ2) is 5.21. The van der Waals surface area contributed by atoms with Gasteiger partial charge in [-0.05, 0) is 12.1 Å². The van der Waals surface area contributed by atoms with E-state index in [-0.39, 0.29) is 18.9 Å². The highest BCUT2D eigenvalue weighted by atomic mass is 16.5. The number of aliphatic hydroxyl groups excluding tert-OH is 1. The first-order chi connectivity index (χ1) is 7.17. The van der Waals surface area contributed by atoms with Crippen LogP contribution in [0.3, 0.4) is 0 Å². The number of hydrogen-bond acceptors (Lipinski definition) is 4. The largest absolute Gasteiger partial charge is 0.494 e. The molecular formula is C10H14N2O3. The van der Waals surface area contributed by atoms with Gasteiger partial charge in [0.15, 0.2) is 0 Å². The predicted octanol–water partition coefficient (Wildman–Crippen LogP) is 0.598. The molecule has 0 fully saturated rings. The number of anilines is 2. The van der Waals surface area contributed by atoms with E-state index in [2.05, 4.69) is 5.32 Å². The number of aliphatic hydroxyl groups is 1. The topological polar surface area (TPSA) is 84.6 Å². The van der Waals surface area contributed by atoms with Crippen LogP contribution in [0, 0.1) is 0 Å². The third-order valence-corrected chi connectivity index (χ3v) is 1.84. The van der Waals surface area contributed by atoms with E-state index in [1.54, 1.807) is 18.2 Å². The summed E-state index contributed by atoms with van der Waals surface area (Å²) < 4.78 is 5.05. The highest BCUT2D eigenvalue weighted by Gasteiger charge is 2.06. The van der Waals surface area contributed by atoms with Crippen molar-refractivity contribution in [1.29, 1.82) is 0 Å². The summed E-state index contributed by atoms with van der Waals surface area (Å²) in [5.41, 5.74) is 6.67. The van der Waals surface area contributed by atoms with Gasteiger partial charge in [-0.2, -0.15) is 0 Å². The van der Waals surface area contributed by atoms with Gasteiger partial charge >= 0.3 is 0 Å². The van der Waals surface area contributed by atoms with E-state index in [1.165, 1.54) is 7.11 Å². The Morgan fingerprint density at radius 2 is 2.33 bits per heavy atom. The summed E-state index contributed by atoms with van der Waals surface area (Å²) in [7, 11) is 1.50. The number of carbonyl (C=O) groups is 1. The van der Waals surface area contributed by atoms with Gasteiger partial charge in [-0.25, -0.2) is 0 Å². The number of benzene rings is 1. The zero-order valence-electron chi connectivity index (χ0n) is 8.49. The molecular weight excluding hydrogens is 196 g/mol. The Kier molecular flexibility index (Phi) is 3.93. The molecule has 1 rings (SSSR count). The lowest BCUT2D eigenvalue weighted by Gasteiger charge is -2.10. The lowest BCUT2D eigenvalue weighted by atomic mass is 10.2. The minimum atomic E-state index is -0.263. The Hall–Kier alpha value is -1.75. The standard InChI is InChI=1S/C10H14N2O3/c1-15-9-6-7(11)2-3-8(9)12-10(14)4-5-13/h2-3,6,13H,4-5,11H2,1H3,(H,12,14). The van der Waals surface area contributed by atoms with E-state index in [1.807, 2.05) is 0 Å². The van der Waals surface area contributed by atoms with E-state index < -0.39 is 0 Å². The average molecular weight is 210 g/mol. The molecule has 0 bridgehead atoms. The lowest BCUT2D eigenvalue weighted by molar-refractivity contribution is -0.116. The SMILES string of the molecule is COc1cc(N)ccc1NC(=O)CCO. The fraction of sp³-hybridized carbons (Fsp3) is 0.300. The van der Waals surface area contributed by atoms with Gasteiger partial charge < -0.3 is 20.9 Å². The van der Waals surface area contributed by atoms with E-state index in [9.17, 15) is 4.79 Å². The third kappa shape index (κ3) is 3.14. The molecule has 15 heavy (non-hydrogen) atoms. The molecule has 1 amide bonds. The molecule has 0 saturated heterocycles. The van der Waals surface area contributed by atoms with E-state index >= 15 is 0 Å². The van der Waals surface area contributed by atoms with Crippen molar-refractivity contribution in [3.63, 3.8) is 0 Å². The van der Waals surface area contributed by atoms with Crippen LogP contribution in [0.5, 0.6) is 5.75 Å². The highest BCUT2D eigenvalue weighted by Crippen LogP contribution is 2.26. The number of amides is 1. The fourth-order valence-electron chi connectivity index (χ4n) is 1.13. The lowest BCUT2D eigenvalue weighted by Crippen LogP contribution is -2.13. The third-order valence-electron chi connectivity index (χ3n) is 1.84. The smallest absolute Gasteiger partial charge is 0.226 e. The Bertz CT molecular complexity index is 353. The molecule has 0 aliphatic heterocycles. The molecule has 0 radical (unpaired) electrons. The fourth-order valence-corrected chi connectivity index (χ4v) is 1.13. The first kappa shape index (κ1) is 11.3. The van der Waals surface area contributed by atoms with Gasteiger partial charge in [-0.15, -0.1) is 0 Å². The van der Waals surface area contributed by atoms with E-state index in [4.69, 9.17) is 15.6 Å². The van der Waals surface area contributed by atoms with Crippen molar-refractivity contribution in [3.8, 4) is 5.75 Å². The molecule has 1 aromatic rings. The molecule has 82 valence electrons. The molecule has 0 aliphatic carbocycles. The number of rotatable bonds is 4. The molecule has 5 nitrogen and oxygen atoms in total. The zero-order chi connectivity index (χ0) is 11.3. The van der Waals surface area contributed by atoms with E-state index in [0.29, 0.717) is 17.1 Å². The van der Waals surface area contributed by atoms with Gasteiger partial charge in [0.1, 0.15) is 5.75 Å². The second-order valence-electron chi connectivity index (χ2n) is 2.98. The molecule has 0 atom stereocenters. The molecule has 0 saturated carbocycles. The van der Waals surface area contributed by atoms with E-state index in [0.717, 1.165) is 0 Å². The van der Waals surface area contributed by atoms with Gasteiger partial charge in [-0.1, -0.05) is 0 Å². The molecule has 1 aromatic carbocycles. The summed E-state index contributed by atoms with van der Waals surface area (Å²) in [5, 5.41) is 11.2. The first-order valence-corrected chi connectivity index (χ1v) is 4.51. The molecule has 0 spiro atoms. The van der Waals surface area contributed by atoms with Crippen LogP contribution in [0.25, 0.3) is 0 Å². The van der Waals surface area contributed by atoms with Crippen LogP contribution in [0.2, 0.25) is 0 Å². The first-order valence-electron chi connectivity index (χ1n) is 4.51. The summed E-state index contributed by atoms with van der Waals surface area (Å²) in [6.07, 6.45) is 0.0630. The van der Waals surface area contributed by atoms with Crippen LogP contribution in [0.1, 0.15) is 6.42 Å². The minimum absolute atomic E-state index is 0.0630. The number of nitrogens with two attached hydrogens (primary N) is 1.